The van der Waals surface area contributed by atoms with Crippen molar-refractivity contribution in [2.75, 3.05) is 31.5 Å². The molecule has 0 unspecified atom stereocenters. The lowest BCUT2D eigenvalue weighted by Crippen LogP contribution is -2.52. The Balaban J connectivity index is 1.49. The Kier molecular flexibility index (Phi) is 5.58. The van der Waals surface area contributed by atoms with Gasteiger partial charge in [-0.15, -0.1) is 0 Å². The molecule has 0 aliphatic carbocycles. The molecule has 2 saturated heterocycles. The van der Waals surface area contributed by atoms with E-state index < -0.39 is 0 Å². The number of ether oxygens (including phenoxy) is 1. The number of rotatable bonds is 2. The number of likely N-dealkylation sites (tertiary alicyclic amines) is 1. The molecule has 0 bridgehead atoms. The number of hydrogen-bond acceptors (Lipinski definition) is 3. The van der Waals surface area contributed by atoms with Crippen LogP contribution >= 0.6 is 0 Å². The summed E-state index contributed by atoms with van der Waals surface area (Å²) in [7, 11) is 0. The number of carbonyl (C=O) groups excluding carboxylic acids is 2. The highest BCUT2D eigenvalue weighted by atomic mass is 16.5. The Hall–Kier alpha value is -2.08. The number of nitrogens with zero attached hydrogens (tertiary/aromatic N) is 2. The molecule has 3 rings (SSSR count). The molecule has 2 fully saturated rings. The minimum Gasteiger partial charge on any atom is -0.372 e. The van der Waals surface area contributed by atoms with Gasteiger partial charge in [0.2, 0.25) is 5.91 Å². The topological polar surface area (TPSA) is 61.9 Å². The third-order valence-electron chi connectivity index (χ3n) is 4.89. The number of morpholine rings is 1. The zero-order chi connectivity index (χ0) is 17.8. The van der Waals surface area contributed by atoms with Gasteiger partial charge < -0.3 is 19.9 Å². The highest BCUT2D eigenvalue weighted by Gasteiger charge is 2.33. The van der Waals surface area contributed by atoms with Crippen LogP contribution < -0.4 is 5.32 Å². The van der Waals surface area contributed by atoms with Crippen LogP contribution in [0.15, 0.2) is 30.3 Å². The number of nitrogens with one attached hydrogen (secondary N) is 1. The minimum atomic E-state index is -0.0919. The number of benzene rings is 1. The van der Waals surface area contributed by atoms with Crippen LogP contribution in [0.3, 0.4) is 0 Å². The molecule has 1 aromatic carbocycles. The summed E-state index contributed by atoms with van der Waals surface area (Å²) < 4.78 is 5.70. The number of urea groups is 1. The van der Waals surface area contributed by atoms with E-state index in [1.54, 1.807) is 4.90 Å². The van der Waals surface area contributed by atoms with E-state index in [4.69, 9.17) is 4.74 Å². The van der Waals surface area contributed by atoms with Crippen LogP contribution in [0.25, 0.3) is 0 Å². The summed E-state index contributed by atoms with van der Waals surface area (Å²) in [6, 6.07) is 9.35. The highest BCUT2D eigenvalue weighted by molar-refractivity contribution is 5.89. The van der Waals surface area contributed by atoms with Crippen molar-refractivity contribution in [3.63, 3.8) is 0 Å². The number of para-hydroxylation sites is 1. The summed E-state index contributed by atoms with van der Waals surface area (Å²) in [6.45, 7) is 6.57. The molecule has 6 nitrogen and oxygen atoms in total. The predicted molar refractivity (Wildman–Crippen MR) is 96.3 cm³/mol. The first-order valence-electron chi connectivity index (χ1n) is 9.08. The summed E-state index contributed by atoms with van der Waals surface area (Å²) in [5.41, 5.74) is 0.794. The number of hydrogen-bond donors (Lipinski definition) is 1. The van der Waals surface area contributed by atoms with E-state index in [2.05, 4.69) is 5.32 Å². The van der Waals surface area contributed by atoms with Crippen LogP contribution in [0.2, 0.25) is 0 Å². The number of piperidine rings is 1. The predicted octanol–water partition coefficient (Wildman–Crippen LogP) is 2.57. The van der Waals surface area contributed by atoms with Gasteiger partial charge in [-0.1, -0.05) is 18.2 Å². The normalized spacial score (nSPS) is 24.9. The van der Waals surface area contributed by atoms with Gasteiger partial charge in [0.1, 0.15) is 0 Å². The molecule has 136 valence electrons. The van der Waals surface area contributed by atoms with Gasteiger partial charge in [0, 0.05) is 37.8 Å². The maximum absolute atomic E-state index is 12.8. The molecule has 2 aliphatic rings. The Morgan fingerprint density at radius 1 is 1.00 bits per heavy atom. The van der Waals surface area contributed by atoms with E-state index in [0.29, 0.717) is 26.2 Å². The first kappa shape index (κ1) is 17.7. The summed E-state index contributed by atoms with van der Waals surface area (Å²) in [4.78, 5) is 28.8. The molecule has 25 heavy (non-hydrogen) atoms. The molecule has 6 heteroatoms. The molecule has 0 aromatic heterocycles. The monoisotopic (exact) mass is 345 g/mol. The van der Waals surface area contributed by atoms with Gasteiger partial charge in [-0.3, -0.25) is 4.79 Å². The fourth-order valence-corrected chi connectivity index (χ4v) is 3.67. The van der Waals surface area contributed by atoms with Crippen LogP contribution in [0, 0.1) is 5.92 Å². The number of carbonyl (C=O) groups is 2. The fourth-order valence-electron chi connectivity index (χ4n) is 3.67. The van der Waals surface area contributed by atoms with E-state index in [0.717, 1.165) is 18.5 Å². The lowest BCUT2D eigenvalue weighted by atomic mass is 9.95. The third-order valence-corrected chi connectivity index (χ3v) is 4.89. The summed E-state index contributed by atoms with van der Waals surface area (Å²) in [6.07, 6.45) is 1.62. The summed E-state index contributed by atoms with van der Waals surface area (Å²) in [5.74, 6) is 0.225. The maximum atomic E-state index is 12.8. The largest absolute Gasteiger partial charge is 0.372 e. The second-order valence-corrected chi connectivity index (χ2v) is 7.06. The first-order chi connectivity index (χ1) is 12.0. The zero-order valence-corrected chi connectivity index (χ0v) is 15.0. The van der Waals surface area contributed by atoms with Crippen molar-refractivity contribution in [2.24, 2.45) is 5.92 Å². The van der Waals surface area contributed by atoms with Gasteiger partial charge in [-0.2, -0.15) is 0 Å². The molecule has 3 amide bonds. The summed E-state index contributed by atoms with van der Waals surface area (Å²) >= 11 is 0. The number of amides is 3. The number of anilines is 1. The van der Waals surface area contributed by atoms with E-state index in [-0.39, 0.29) is 30.1 Å². The van der Waals surface area contributed by atoms with E-state index in [9.17, 15) is 9.59 Å². The molecule has 0 radical (unpaired) electrons. The summed E-state index contributed by atoms with van der Waals surface area (Å²) in [5, 5.41) is 2.91. The zero-order valence-electron chi connectivity index (χ0n) is 15.0. The Morgan fingerprint density at radius 2 is 1.60 bits per heavy atom. The van der Waals surface area contributed by atoms with Crippen molar-refractivity contribution in [1.82, 2.24) is 9.80 Å². The van der Waals surface area contributed by atoms with E-state index in [1.165, 1.54) is 0 Å². The van der Waals surface area contributed by atoms with Crippen LogP contribution in [-0.4, -0.2) is 60.1 Å². The van der Waals surface area contributed by atoms with Gasteiger partial charge in [0.25, 0.3) is 0 Å². The van der Waals surface area contributed by atoms with Crippen molar-refractivity contribution in [2.45, 2.75) is 38.9 Å². The standard InChI is InChI=1S/C19H27N3O3/c1-14-12-22(13-15(2)25-14)18(23)16-8-10-21(11-9-16)19(24)20-17-6-4-3-5-7-17/h3-7,14-16H,8-13H2,1-2H3,(H,20,24)/t14-,15-/m1/s1. The molecule has 2 heterocycles. The Labute approximate surface area is 149 Å². The van der Waals surface area contributed by atoms with Gasteiger partial charge in [0.05, 0.1) is 12.2 Å². The Bertz CT molecular complexity index is 589. The van der Waals surface area contributed by atoms with Crippen LogP contribution in [0.1, 0.15) is 26.7 Å². The van der Waals surface area contributed by atoms with E-state index >= 15 is 0 Å². The van der Waals surface area contributed by atoms with Gasteiger partial charge in [0.15, 0.2) is 0 Å². The molecule has 0 saturated carbocycles. The molecular formula is C19H27N3O3. The smallest absolute Gasteiger partial charge is 0.321 e. The Morgan fingerprint density at radius 3 is 2.20 bits per heavy atom. The second-order valence-electron chi connectivity index (χ2n) is 7.06. The van der Waals surface area contributed by atoms with Crippen LogP contribution in [-0.2, 0) is 9.53 Å². The molecule has 1 N–H and O–H groups in total. The average molecular weight is 345 g/mol. The van der Waals surface area contributed by atoms with Crippen molar-refractivity contribution >= 4 is 17.6 Å². The van der Waals surface area contributed by atoms with Gasteiger partial charge in [-0.25, -0.2) is 4.79 Å². The van der Waals surface area contributed by atoms with Crippen molar-refractivity contribution < 1.29 is 14.3 Å². The first-order valence-corrected chi connectivity index (χ1v) is 9.08. The average Bonchev–Trinajstić information content (AvgIpc) is 2.61. The van der Waals surface area contributed by atoms with Crippen molar-refractivity contribution in [1.29, 1.82) is 0 Å². The van der Waals surface area contributed by atoms with Crippen LogP contribution in [0.4, 0.5) is 10.5 Å². The molecule has 1 aromatic rings. The molecule has 0 spiro atoms. The minimum absolute atomic E-state index is 0.0123. The molecule has 2 aliphatic heterocycles. The highest BCUT2D eigenvalue weighted by Crippen LogP contribution is 2.22. The van der Waals surface area contributed by atoms with E-state index in [1.807, 2.05) is 49.1 Å². The van der Waals surface area contributed by atoms with Gasteiger partial charge >= 0.3 is 6.03 Å². The van der Waals surface area contributed by atoms with Gasteiger partial charge in [-0.05, 0) is 38.8 Å². The van der Waals surface area contributed by atoms with Crippen molar-refractivity contribution in [3.05, 3.63) is 30.3 Å². The lowest BCUT2D eigenvalue weighted by molar-refractivity contribution is -0.148. The SMILES string of the molecule is C[C@@H]1CN(C(=O)C2CCN(C(=O)Nc3ccccc3)CC2)C[C@@H](C)O1. The quantitative estimate of drug-likeness (QED) is 0.896. The van der Waals surface area contributed by atoms with Crippen molar-refractivity contribution in [3.8, 4) is 0 Å². The van der Waals surface area contributed by atoms with Crippen LogP contribution in [0.5, 0.6) is 0 Å². The molecular weight excluding hydrogens is 318 g/mol. The second kappa shape index (κ2) is 7.87. The lowest BCUT2D eigenvalue weighted by Gasteiger charge is -2.39. The molecule has 2 atom stereocenters. The maximum Gasteiger partial charge on any atom is 0.321 e. The fraction of sp³-hybridized carbons (Fsp3) is 0.579. The third kappa shape index (κ3) is 4.51.